The van der Waals surface area contributed by atoms with Gasteiger partial charge in [-0.3, -0.25) is 4.79 Å². The molecule has 0 spiro atoms. The van der Waals surface area contributed by atoms with E-state index in [0.717, 1.165) is 28.9 Å². The number of aromatic nitrogens is 1. The van der Waals surface area contributed by atoms with Crippen LogP contribution in [0.5, 0.6) is 0 Å². The molecule has 1 N–H and O–H groups in total. The minimum atomic E-state index is -4.46. The lowest BCUT2D eigenvalue weighted by Gasteiger charge is -2.22. The Hall–Kier alpha value is -1.91. The van der Waals surface area contributed by atoms with Crippen molar-refractivity contribution < 1.29 is 27.5 Å². The molecule has 0 aliphatic carbocycles. The molecule has 0 atom stereocenters. The molecule has 11 heteroatoms. The van der Waals surface area contributed by atoms with Crippen LogP contribution in [0, 0.1) is 0 Å². The number of alkyl halides is 3. The molecule has 1 aromatic heterocycles. The maximum absolute atomic E-state index is 12.6. The fraction of sp³-hybridized carbons (Fsp3) is 0.350. The van der Waals surface area contributed by atoms with E-state index in [1.807, 2.05) is 0 Å². The summed E-state index contributed by atoms with van der Waals surface area (Å²) < 4.78 is 41.6. The van der Waals surface area contributed by atoms with E-state index in [-0.39, 0.29) is 5.91 Å². The monoisotopic (exact) mass is 492 g/mol. The number of pyridine rings is 1. The Morgan fingerprint density at radius 2 is 1.90 bits per heavy atom. The molecule has 1 heterocycles. The third-order valence-corrected chi connectivity index (χ3v) is 6.61. The Balaban J connectivity index is 1.85. The van der Waals surface area contributed by atoms with Gasteiger partial charge in [0.05, 0.1) is 33.0 Å². The second-order valence-corrected chi connectivity index (χ2v) is 9.92. The summed E-state index contributed by atoms with van der Waals surface area (Å²) in [7, 11) is 1.29. The minimum absolute atomic E-state index is 0.271. The van der Waals surface area contributed by atoms with E-state index >= 15 is 0 Å². The highest BCUT2D eigenvalue weighted by molar-refractivity contribution is 8.01. The average molecular weight is 493 g/mol. The number of hydrogen-bond donors (Lipinski definition) is 1. The van der Waals surface area contributed by atoms with Crippen molar-refractivity contribution in [1.82, 2.24) is 10.3 Å². The van der Waals surface area contributed by atoms with Crippen molar-refractivity contribution in [3.63, 3.8) is 0 Å². The molecule has 31 heavy (non-hydrogen) atoms. The number of hydrogen-bond acceptors (Lipinski definition) is 6. The number of carbonyl (C=O) groups excluding carboxylic acids is 2. The fourth-order valence-electron chi connectivity index (χ4n) is 2.32. The van der Waals surface area contributed by atoms with Gasteiger partial charge < -0.3 is 10.1 Å². The van der Waals surface area contributed by atoms with Gasteiger partial charge in [-0.1, -0.05) is 23.4 Å². The van der Waals surface area contributed by atoms with Crippen LogP contribution in [-0.4, -0.2) is 41.0 Å². The van der Waals surface area contributed by atoms with Gasteiger partial charge in [0.1, 0.15) is 0 Å². The summed E-state index contributed by atoms with van der Waals surface area (Å²) in [6.07, 6.45) is -3.70. The summed E-state index contributed by atoms with van der Waals surface area (Å²) in [5.74, 6) is -0.220. The number of amides is 1. The van der Waals surface area contributed by atoms with Crippen LogP contribution in [0.2, 0.25) is 5.02 Å². The third kappa shape index (κ3) is 7.33. The lowest BCUT2D eigenvalue weighted by molar-refractivity contribution is -0.137. The van der Waals surface area contributed by atoms with Gasteiger partial charge in [0.2, 0.25) is 5.91 Å². The molecule has 5 nitrogen and oxygen atoms in total. The van der Waals surface area contributed by atoms with Crippen molar-refractivity contribution >= 4 is 47.0 Å². The van der Waals surface area contributed by atoms with Crippen LogP contribution in [-0.2, 0) is 15.7 Å². The molecule has 0 fully saturated rings. The Bertz CT molecular complexity index is 938. The van der Waals surface area contributed by atoms with Gasteiger partial charge in [-0.25, -0.2) is 9.78 Å². The summed E-state index contributed by atoms with van der Waals surface area (Å²) in [5, 5.41) is 3.53. The number of thioether (sulfide) groups is 2. The SMILES string of the molecule is COC(=O)c1ccc(SCCNC(=O)C(C)(C)Sc2ccc(C(F)(F)F)cn2)c(Cl)c1. The molecular formula is C20H20ClF3N2O3S2. The Kier molecular flexibility index (Phi) is 8.67. The molecule has 1 aromatic carbocycles. The molecule has 0 saturated carbocycles. The Morgan fingerprint density at radius 1 is 1.19 bits per heavy atom. The molecule has 0 saturated heterocycles. The molecule has 0 aliphatic heterocycles. The first-order valence-electron chi connectivity index (χ1n) is 8.95. The van der Waals surface area contributed by atoms with Gasteiger partial charge in [0, 0.05) is 23.4 Å². The van der Waals surface area contributed by atoms with Crippen LogP contribution in [0.15, 0.2) is 46.5 Å². The number of carbonyl (C=O) groups is 2. The number of methoxy groups -OCH3 is 1. The molecule has 2 aromatic rings. The zero-order valence-corrected chi connectivity index (χ0v) is 19.3. The van der Waals surface area contributed by atoms with E-state index in [1.165, 1.54) is 31.0 Å². The average Bonchev–Trinajstić information content (AvgIpc) is 2.70. The predicted molar refractivity (Wildman–Crippen MR) is 116 cm³/mol. The van der Waals surface area contributed by atoms with E-state index in [4.69, 9.17) is 11.6 Å². The Morgan fingerprint density at radius 3 is 2.45 bits per heavy atom. The van der Waals surface area contributed by atoms with Crippen LogP contribution in [0.1, 0.15) is 29.8 Å². The fourth-order valence-corrected chi connectivity index (χ4v) is 4.38. The van der Waals surface area contributed by atoms with Crippen LogP contribution >= 0.6 is 35.1 Å². The number of nitrogens with zero attached hydrogens (tertiary/aromatic N) is 1. The van der Waals surface area contributed by atoms with Gasteiger partial charge in [0.15, 0.2) is 0 Å². The summed E-state index contributed by atoms with van der Waals surface area (Å²) in [4.78, 5) is 28.6. The summed E-state index contributed by atoms with van der Waals surface area (Å²) in [6.45, 7) is 3.69. The highest BCUT2D eigenvalue weighted by atomic mass is 35.5. The molecule has 0 unspecified atom stereocenters. The maximum atomic E-state index is 12.6. The molecule has 168 valence electrons. The molecule has 1 amide bonds. The van der Waals surface area contributed by atoms with E-state index in [9.17, 15) is 22.8 Å². The number of halogens is 4. The van der Waals surface area contributed by atoms with Gasteiger partial charge >= 0.3 is 12.1 Å². The number of rotatable bonds is 8. The van der Waals surface area contributed by atoms with E-state index < -0.39 is 22.5 Å². The van der Waals surface area contributed by atoms with Crippen molar-refractivity contribution in [2.24, 2.45) is 0 Å². The van der Waals surface area contributed by atoms with Crippen LogP contribution in [0.25, 0.3) is 0 Å². The number of benzene rings is 1. The zero-order chi connectivity index (χ0) is 23.2. The van der Waals surface area contributed by atoms with Crippen LogP contribution in [0.3, 0.4) is 0 Å². The smallest absolute Gasteiger partial charge is 0.417 e. The first kappa shape index (κ1) is 25.4. The van der Waals surface area contributed by atoms with E-state index in [2.05, 4.69) is 15.0 Å². The van der Waals surface area contributed by atoms with Crippen LogP contribution in [0.4, 0.5) is 13.2 Å². The molecular weight excluding hydrogens is 473 g/mol. The van der Waals surface area contributed by atoms with Crippen molar-refractivity contribution in [2.75, 3.05) is 19.4 Å². The highest BCUT2D eigenvalue weighted by Gasteiger charge is 2.32. The van der Waals surface area contributed by atoms with Crippen molar-refractivity contribution in [3.8, 4) is 0 Å². The topological polar surface area (TPSA) is 68.3 Å². The van der Waals surface area contributed by atoms with E-state index in [0.29, 0.717) is 27.9 Å². The van der Waals surface area contributed by atoms with Crippen molar-refractivity contribution in [3.05, 3.63) is 52.7 Å². The molecule has 0 bridgehead atoms. The number of esters is 1. The largest absolute Gasteiger partial charge is 0.465 e. The zero-order valence-electron chi connectivity index (χ0n) is 16.9. The van der Waals surface area contributed by atoms with Gasteiger partial charge in [0.25, 0.3) is 0 Å². The molecule has 0 aliphatic rings. The first-order valence-corrected chi connectivity index (χ1v) is 11.1. The standard InChI is InChI=1S/C20H20ClF3N2O3S2/c1-19(2,31-16-7-5-13(11-26-16)20(22,23)24)18(28)25-8-9-30-15-6-4-12(10-14(15)21)17(27)29-3/h4-7,10-11H,8-9H2,1-3H3,(H,25,28). The second-order valence-electron chi connectivity index (χ2n) is 6.74. The van der Waals surface area contributed by atoms with Gasteiger partial charge in [-0.15, -0.1) is 11.8 Å². The minimum Gasteiger partial charge on any atom is -0.465 e. The Labute approximate surface area is 191 Å². The molecule has 2 rings (SSSR count). The third-order valence-electron chi connectivity index (χ3n) is 3.97. The van der Waals surface area contributed by atoms with Crippen molar-refractivity contribution in [2.45, 2.75) is 34.7 Å². The van der Waals surface area contributed by atoms with Gasteiger partial charge in [-0.05, 0) is 44.2 Å². The van der Waals surface area contributed by atoms with Crippen molar-refractivity contribution in [1.29, 1.82) is 0 Å². The maximum Gasteiger partial charge on any atom is 0.417 e. The second kappa shape index (κ2) is 10.6. The summed E-state index contributed by atoms with van der Waals surface area (Å²) >= 11 is 8.66. The summed E-state index contributed by atoms with van der Waals surface area (Å²) in [5.41, 5.74) is -0.491. The normalized spacial score (nSPS) is 11.8. The van der Waals surface area contributed by atoms with Crippen LogP contribution < -0.4 is 5.32 Å². The van der Waals surface area contributed by atoms with E-state index in [1.54, 1.807) is 26.0 Å². The quantitative estimate of drug-likeness (QED) is 0.305. The number of ether oxygens (including phenoxy) is 1. The summed E-state index contributed by atoms with van der Waals surface area (Å²) in [6, 6.07) is 7.02. The lowest BCUT2D eigenvalue weighted by Crippen LogP contribution is -2.40. The number of nitrogens with one attached hydrogen (secondary N) is 1. The lowest BCUT2D eigenvalue weighted by atomic mass is 10.2. The first-order chi connectivity index (χ1) is 14.4. The highest BCUT2D eigenvalue weighted by Crippen LogP contribution is 2.34. The van der Waals surface area contributed by atoms with Gasteiger partial charge in [-0.2, -0.15) is 13.2 Å². The molecule has 0 radical (unpaired) electrons. The predicted octanol–water partition coefficient (Wildman–Crippen LogP) is 5.32.